The van der Waals surface area contributed by atoms with Crippen molar-refractivity contribution in [1.29, 1.82) is 0 Å². The topological polar surface area (TPSA) is 136 Å². The van der Waals surface area contributed by atoms with E-state index >= 15 is 0 Å². The van der Waals surface area contributed by atoms with Crippen LogP contribution in [0.15, 0.2) is 0 Å². The molecule has 0 aromatic heterocycles. The summed E-state index contributed by atoms with van der Waals surface area (Å²) >= 11 is 0. The SMILES string of the molecule is CCCCCCCCOC[C@](N)(O)[C@@H](O)[C@H](O)[C@H](O)CO. The van der Waals surface area contributed by atoms with E-state index in [-0.39, 0.29) is 6.61 Å². The molecule has 7 N–H and O–H groups in total. The van der Waals surface area contributed by atoms with Crippen molar-refractivity contribution >= 4 is 0 Å². The van der Waals surface area contributed by atoms with Crippen molar-refractivity contribution in [2.24, 2.45) is 5.73 Å². The predicted molar refractivity (Wildman–Crippen MR) is 78.4 cm³/mol. The molecule has 0 saturated heterocycles. The van der Waals surface area contributed by atoms with Gasteiger partial charge < -0.3 is 30.3 Å². The number of unbranched alkanes of at least 4 members (excludes halogenated alkanes) is 5. The Bertz CT molecular complexity index is 252. The molecule has 4 atom stereocenters. The van der Waals surface area contributed by atoms with Crippen molar-refractivity contribution in [2.75, 3.05) is 19.8 Å². The predicted octanol–water partition coefficient (Wildman–Crippen LogP) is -0.914. The molecule has 0 aliphatic carbocycles. The van der Waals surface area contributed by atoms with Crippen LogP contribution in [0.2, 0.25) is 0 Å². The van der Waals surface area contributed by atoms with E-state index in [1.165, 1.54) is 19.3 Å². The summed E-state index contributed by atoms with van der Waals surface area (Å²) in [7, 11) is 0. The van der Waals surface area contributed by atoms with E-state index in [1.807, 2.05) is 0 Å². The third-order valence-electron chi connectivity index (χ3n) is 3.39. The molecule has 0 rings (SSSR count). The van der Waals surface area contributed by atoms with Crippen LogP contribution in [0.4, 0.5) is 0 Å². The normalized spacial score (nSPS) is 19.0. The highest BCUT2D eigenvalue weighted by Crippen LogP contribution is 2.12. The average molecular weight is 309 g/mol. The lowest BCUT2D eigenvalue weighted by atomic mass is 9.99. The number of ether oxygens (including phenoxy) is 1. The Kier molecular flexibility index (Phi) is 11.2. The first-order valence-corrected chi connectivity index (χ1v) is 7.60. The molecule has 0 aliphatic heterocycles. The first-order chi connectivity index (χ1) is 9.86. The van der Waals surface area contributed by atoms with Gasteiger partial charge in [0.05, 0.1) is 13.2 Å². The fourth-order valence-corrected chi connectivity index (χ4v) is 1.92. The average Bonchev–Trinajstić information content (AvgIpc) is 2.47. The Morgan fingerprint density at radius 2 is 1.62 bits per heavy atom. The lowest BCUT2D eigenvalue weighted by molar-refractivity contribution is -0.176. The molecule has 0 radical (unpaired) electrons. The van der Waals surface area contributed by atoms with Crippen LogP contribution in [0.5, 0.6) is 0 Å². The second kappa shape index (κ2) is 11.3. The van der Waals surface area contributed by atoms with Gasteiger partial charge in [-0.15, -0.1) is 0 Å². The van der Waals surface area contributed by atoms with Crippen LogP contribution in [0.1, 0.15) is 45.4 Å². The van der Waals surface area contributed by atoms with Crippen molar-refractivity contribution in [3.63, 3.8) is 0 Å². The zero-order valence-corrected chi connectivity index (χ0v) is 12.8. The van der Waals surface area contributed by atoms with Crippen LogP contribution >= 0.6 is 0 Å². The molecule has 0 bridgehead atoms. The zero-order valence-electron chi connectivity index (χ0n) is 12.8. The van der Waals surface area contributed by atoms with E-state index in [9.17, 15) is 20.4 Å². The summed E-state index contributed by atoms with van der Waals surface area (Å²) in [5.74, 6) is 0. The smallest absolute Gasteiger partial charge is 0.165 e. The van der Waals surface area contributed by atoms with Gasteiger partial charge in [-0.2, -0.15) is 0 Å². The largest absolute Gasteiger partial charge is 0.394 e. The van der Waals surface area contributed by atoms with E-state index in [1.54, 1.807) is 0 Å². The van der Waals surface area contributed by atoms with Crippen molar-refractivity contribution in [2.45, 2.75) is 69.5 Å². The Morgan fingerprint density at radius 3 is 2.19 bits per heavy atom. The molecule has 0 fully saturated rings. The molecule has 0 unspecified atom stereocenters. The van der Waals surface area contributed by atoms with Gasteiger partial charge >= 0.3 is 0 Å². The summed E-state index contributed by atoms with van der Waals surface area (Å²) in [4.78, 5) is 0. The molecule has 0 heterocycles. The molecular weight excluding hydrogens is 278 g/mol. The summed E-state index contributed by atoms with van der Waals surface area (Å²) < 4.78 is 5.20. The van der Waals surface area contributed by atoms with Gasteiger partial charge in [0, 0.05) is 6.61 Å². The number of aliphatic hydroxyl groups is 5. The van der Waals surface area contributed by atoms with Gasteiger partial charge in [-0.05, 0) is 6.42 Å². The molecule has 21 heavy (non-hydrogen) atoms. The van der Waals surface area contributed by atoms with Gasteiger partial charge in [0.1, 0.15) is 18.3 Å². The lowest BCUT2D eigenvalue weighted by Gasteiger charge is -2.33. The highest BCUT2D eigenvalue weighted by molar-refractivity contribution is 4.88. The van der Waals surface area contributed by atoms with Crippen LogP contribution in [-0.4, -0.2) is 69.4 Å². The monoisotopic (exact) mass is 309 g/mol. The van der Waals surface area contributed by atoms with Crippen LogP contribution in [0.3, 0.4) is 0 Å². The molecule has 0 aliphatic rings. The Balaban J connectivity index is 3.86. The number of nitrogens with two attached hydrogens (primary N) is 1. The molecule has 0 spiro atoms. The Morgan fingerprint density at radius 1 is 1.05 bits per heavy atom. The van der Waals surface area contributed by atoms with Gasteiger partial charge in [-0.1, -0.05) is 39.0 Å². The number of rotatable bonds is 13. The van der Waals surface area contributed by atoms with E-state index in [0.29, 0.717) is 6.61 Å². The molecule has 0 aromatic rings. The van der Waals surface area contributed by atoms with Crippen molar-refractivity contribution < 1.29 is 30.3 Å². The van der Waals surface area contributed by atoms with E-state index in [4.69, 9.17) is 15.6 Å². The molecule has 0 amide bonds. The summed E-state index contributed by atoms with van der Waals surface area (Å²) in [5, 5.41) is 46.9. The van der Waals surface area contributed by atoms with Gasteiger partial charge in [0.2, 0.25) is 0 Å². The van der Waals surface area contributed by atoms with Crippen molar-refractivity contribution in [3.05, 3.63) is 0 Å². The standard InChI is InChI=1S/C14H31NO6/c1-2-3-4-5-6-7-8-21-10-14(15,20)13(19)12(18)11(17)9-16/h11-13,16-20H,2-10,15H2,1H3/t11-,12-,13+,14+/m1/s1. The van der Waals surface area contributed by atoms with Crippen LogP contribution < -0.4 is 5.73 Å². The van der Waals surface area contributed by atoms with Gasteiger partial charge in [0.25, 0.3) is 0 Å². The van der Waals surface area contributed by atoms with Gasteiger partial charge in [-0.3, -0.25) is 5.73 Å². The third kappa shape index (κ3) is 8.67. The summed E-state index contributed by atoms with van der Waals surface area (Å²) in [5.41, 5.74) is 3.28. The fraction of sp³-hybridized carbons (Fsp3) is 1.00. The quantitative estimate of drug-likeness (QED) is 0.191. The first kappa shape index (κ1) is 20.7. The van der Waals surface area contributed by atoms with Gasteiger partial charge in [-0.25, -0.2) is 0 Å². The van der Waals surface area contributed by atoms with Crippen molar-refractivity contribution in [3.8, 4) is 0 Å². The lowest BCUT2D eigenvalue weighted by Crippen LogP contribution is -2.61. The Labute approximate surface area is 126 Å². The summed E-state index contributed by atoms with van der Waals surface area (Å²) in [6, 6.07) is 0. The Hall–Kier alpha value is -0.280. The highest BCUT2D eigenvalue weighted by atomic mass is 16.5. The van der Waals surface area contributed by atoms with E-state index < -0.39 is 30.6 Å². The second-order valence-electron chi connectivity index (χ2n) is 5.50. The van der Waals surface area contributed by atoms with Crippen molar-refractivity contribution in [1.82, 2.24) is 0 Å². The maximum Gasteiger partial charge on any atom is 0.165 e. The molecule has 0 aromatic carbocycles. The molecular formula is C14H31NO6. The maximum absolute atomic E-state index is 9.82. The maximum atomic E-state index is 9.82. The second-order valence-corrected chi connectivity index (χ2v) is 5.50. The van der Waals surface area contributed by atoms with E-state index in [0.717, 1.165) is 19.3 Å². The first-order valence-electron chi connectivity index (χ1n) is 7.60. The fourth-order valence-electron chi connectivity index (χ4n) is 1.92. The highest BCUT2D eigenvalue weighted by Gasteiger charge is 2.39. The minimum absolute atomic E-state index is 0.363. The van der Waals surface area contributed by atoms with E-state index in [2.05, 4.69) is 6.92 Å². The molecule has 0 saturated carbocycles. The summed E-state index contributed by atoms with van der Waals surface area (Å²) in [6.45, 7) is 1.45. The van der Waals surface area contributed by atoms with Gasteiger partial charge in [0.15, 0.2) is 5.72 Å². The van der Waals surface area contributed by atoms with Crippen LogP contribution in [0.25, 0.3) is 0 Å². The zero-order chi connectivity index (χ0) is 16.3. The minimum Gasteiger partial charge on any atom is -0.394 e. The molecule has 128 valence electrons. The molecule has 7 heteroatoms. The van der Waals surface area contributed by atoms with Crippen LogP contribution in [-0.2, 0) is 4.74 Å². The number of hydrogen-bond acceptors (Lipinski definition) is 7. The number of aliphatic hydroxyl groups excluding tert-OH is 4. The molecule has 7 nitrogen and oxygen atoms in total. The van der Waals surface area contributed by atoms with Crippen LogP contribution in [0, 0.1) is 0 Å². The minimum atomic E-state index is -2.18. The number of hydrogen-bond donors (Lipinski definition) is 6. The third-order valence-corrected chi connectivity index (χ3v) is 3.39. The summed E-state index contributed by atoms with van der Waals surface area (Å²) in [6.07, 6.45) is 1.46.